The van der Waals surface area contributed by atoms with Crippen LogP contribution in [-0.2, 0) is 4.79 Å². The monoisotopic (exact) mass is 316 g/mol. The maximum absolute atomic E-state index is 12.8. The molecule has 2 rings (SSSR count). The van der Waals surface area contributed by atoms with Crippen LogP contribution in [-0.4, -0.2) is 31.0 Å². The molecule has 1 atom stereocenters. The van der Waals surface area contributed by atoms with E-state index in [1.54, 1.807) is 24.1 Å². The summed E-state index contributed by atoms with van der Waals surface area (Å²) in [5, 5.41) is 0. The molecule has 0 spiro atoms. The predicted molar refractivity (Wildman–Crippen MR) is 87.5 cm³/mol. The van der Waals surface area contributed by atoms with Gasteiger partial charge in [0, 0.05) is 19.5 Å². The van der Waals surface area contributed by atoms with Crippen molar-refractivity contribution in [2.45, 2.75) is 12.5 Å². The van der Waals surface area contributed by atoms with Crippen LogP contribution in [0.15, 0.2) is 54.6 Å². The number of halogens is 1. The molecule has 122 valence electrons. The first-order chi connectivity index (χ1) is 11.1. The number of hydrogen-bond acceptors (Lipinski definition) is 3. The summed E-state index contributed by atoms with van der Waals surface area (Å²) in [4.78, 5) is 13.7. The quantitative estimate of drug-likeness (QED) is 0.854. The van der Waals surface area contributed by atoms with Gasteiger partial charge in [0.1, 0.15) is 18.2 Å². The van der Waals surface area contributed by atoms with Crippen LogP contribution in [0, 0.1) is 5.82 Å². The standard InChI is InChI=1S/C18H21FN2O2/c1-21(11-12-23-16-9-7-15(19)8-10-16)18(22)13-17(20)14-5-3-2-4-6-14/h2-10,17H,11-13,20H2,1H3. The fourth-order valence-electron chi connectivity index (χ4n) is 2.12. The average molecular weight is 316 g/mol. The Morgan fingerprint density at radius 1 is 1.17 bits per heavy atom. The van der Waals surface area contributed by atoms with E-state index in [1.165, 1.54) is 12.1 Å². The molecule has 2 aromatic rings. The van der Waals surface area contributed by atoms with E-state index in [9.17, 15) is 9.18 Å². The fraction of sp³-hybridized carbons (Fsp3) is 0.278. The van der Waals surface area contributed by atoms with E-state index in [0.29, 0.717) is 18.9 Å². The molecule has 0 aromatic heterocycles. The van der Waals surface area contributed by atoms with Crippen LogP contribution >= 0.6 is 0 Å². The lowest BCUT2D eigenvalue weighted by molar-refractivity contribution is -0.130. The molecule has 0 heterocycles. The number of nitrogens with two attached hydrogens (primary N) is 1. The Labute approximate surface area is 135 Å². The molecule has 0 aliphatic carbocycles. The van der Waals surface area contributed by atoms with Gasteiger partial charge in [-0.1, -0.05) is 30.3 Å². The summed E-state index contributed by atoms with van der Waals surface area (Å²) in [5.74, 6) is 0.233. The van der Waals surface area contributed by atoms with Crippen molar-refractivity contribution < 1.29 is 13.9 Å². The first kappa shape index (κ1) is 17.0. The Morgan fingerprint density at radius 3 is 2.48 bits per heavy atom. The third-order valence-electron chi connectivity index (χ3n) is 3.56. The van der Waals surface area contributed by atoms with Gasteiger partial charge in [-0.2, -0.15) is 0 Å². The molecule has 2 aromatic carbocycles. The highest BCUT2D eigenvalue weighted by molar-refractivity contribution is 5.76. The summed E-state index contributed by atoms with van der Waals surface area (Å²) in [6, 6.07) is 15.0. The molecule has 0 saturated carbocycles. The van der Waals surface area contributed by atoms with Crippen molar-refractivity contribution >= 4 is 5.91 Å². The maximum atomic E-state index is 12.8. The minimum Gasteiger partial charge on any atom is -0.492 e. The Hall–Kier alpha value is -2.40. The molecule has 1 amide bonds. The molecular weight excluding hydrogens is 295 g/mol. The first-order valence-electron chi connectivity index (χ1n) is 7.49. The van der Waals surface area contributed by atoms with Gasteiger partial charge in [0.15, 0.2) is 0 Å². The highest BCUT2D eigenvalue weighted by Gasteiger charge is 2.15. The second kappa shape index (κ2) is 8.29. The summed E-state index contributed by atoms with van der Waals surface area (Å²) in [7, 11) is 1.72. The lowest BCUT2D eigenvalue weighted by atomic mass is 10.0. The molecule has 0 aliphatic rings. The third-order valence-corrected chi connectivity index (χ3v) is 3.56. The summed E-state index contributed by atoms with van der Waals surface area (Å²) in [6.07, 6.45) is 0.247. The Morgan fingerprint density at radius 2 is 1.83 bits per heavy atom. The third kappa shape index (κ3) is 5.38. The van der Waals surface area contributed by atoms with Crippen LogP contribution < -0.4 is 10.5 Å². The molecule has 2 N–H and O–H groups in total. The van der Waals surface area contributed by atoms with Gasteiger partial charge >= 0.3 is 0 Å². The molecule has 0 radical (unpaired) electrons. The number of ether oxygens (including phenoxy) is 1. The number of amides is 1. The highest BCUT2D eigenvalue weighted by Crippen LogP contribution is 2.14. The van der Waals surface area contributed by atoms with Crippen molar-refractivity contribution in [2.24, 2.45) is 5.73 Å². The first-order valence-corrected chi connectivity index (χ1v) is 7.49. The lowest BCUT2D eigenvalue weighted by Crippen LogP contribution is -2.33. The SMILES string of the molecule is CN(CCOc1ccc(F)cc1)C(=O)CC(N)c1ccccc1. The lowest BCUT2D eigenvalue weighted by Gasteiger charge is -2.20. The van der Waals surface area contributed by atoms with Crippen LogP contribution in [0.3, 0.4) is 0 Å². The van der Waals surface area contributed by atoms with Crippen LogP contribution in [0.5, 0.6) is 5.75 Å². The van der Waals surface area contributed by atoms with Crippen LogP contribution in [0.2, 0.25) is 0 Å². The molecule has 0 bridgehead atoms. The van der Waals surface area contributed by atoms with Gasteiger partial charge in [0.05, 0.1) is 6.54 Å². The second-order valence-electron chi connectivity index (χ2n) is 5.34. The molecular formula is C18H21FN2O2. The summed E-state index contributed by atoms with van der Waals surface area (Å²) >= 11 is 0. The van der Waals surface area contributed by atoms with Crippen LogP contribution in [0.1, 0.15) is 18.0 Å². The normalized spacial score (nSPS) is 11.8. The van der Waals surface area contributed by atoms with Gasteiger partial charge < -0.3 is 15.4 Å². The Balaban J connectivity index is 1.75. The number of rotatable bonds is 7. The number of benzene rings is 2. The second-order valence-corrected chi connectivity index (χ2v) is 5.34. The largest absolute Gasteiger partial charge is 0.492 e. The van der Waals surface area contributed by atoms with Gasteiger partial charge in [0.25, 0.3) is 0 Å². The average Bonchev–Trinajstić information content (AvgIpc) is 2.57. The minimum absolute atomic E-state index is 0.0379. The van der Waals surface area contributed by atoms with E-state index >= 15 is 0 Å². The molecule has 0 aliphatic heterocycles. The minimum atomic E-state index is -0.316. The van der Waals surface area contributed by atoms with Crippen molar-refractivity contribution in [1.29, 1.82) is 0 Å². The smallest absolute Gasteiger partial charge is 0.224 e. The fourth-order valence-corrected chi connectivity index (χ4v) is 2.12. The summed E-state index contributed by atoms with van der Waals surface area (Å²) < 4.78 is 18.3. The topological polar surface area (TPSA) is 55.6 Å². The van der Waals surface area contributed by atoms with Crippen LogP contribution in [0.25, 0.3) is 0 Å². The molecule has 0 saturated heterocycles. The maximum Gasteiger partial charge on any atom is 0.224 e. The van der Waals surface area contributed by atoms with Crippen molar-refractivity contribution in [2.75, 3.05) is 20.2 Å². The number of carbonyl (C=O) groups excluding carboxylic acids is 1. The van der Waals surface area contributed by atoms with Crippen molar-refractivity contribution in [3.63, 3.8) is 0 Å². The van der Waals surface area contributed by atoms with Gasteiger partial charge in [-0.05, 0) is 29.8 Å². The zero-order chi connectivity index (χ0) is 16.7. The van der Waals surface area contributed by atoms with E-state index in [2.05, 4.69) is 0 Å². The van der Waals surface area contributed by atoms with Gasteiger partial charge in [0.2, 0.25) is 5.91 Å². The number of hydrogen-bond donors (Lipinski definition) is 1. The van der Waals surface area contributed by atoms with Crippen molar-refractivity contribution in [3.05, 3.63) is 66.0 Å². The van der Waals surface area contributed by atoms with Gasteiger partial charge in [-0.25, -0.2) is 4.39 Å². The van der Waals surface area contributed by atoms with E-state index in [-0.39, 0.29) is 24.2 Å². The predicted octanol–water partition coefficient (Wildman–Crippen LogP) is 2.75. The number of nitrogens with zero attached hydrogens (tertiary/aromatic N) is 1. The summed E-state index contributed by atoms with van der Waals surface area (Å²) in [5.41, 5.74) is 6.99. The molecule has 5 heteroatoms. The molecule has 23 heavy (non-hydrogen) atoms. The zero-order valence-corrected chi connectivity index (χ0v) is 13.1. The molecule has 1 unspecified atom stereocenters. The Kier molecular flexibility index (Phi) is 6.11. The van der Waals surface area contributed by atoms with Crippen molar-refractivity contribution in [1.82, 2.24) is 4.90 Å². The molecule has 4 nitrogen and oxygen atoms in total. The zero-order valence-electron chi connectivity index (χ0n) is 13.1. The molecule has 0 fully saturated rings. The van der Waals surface area contributed by atoms with E-state index in [0.717, 1.165) is 5.56 Å². The van der Waals surface area contributed by atoms with E-state index < -0.39 is 0 Å². The van der Waals surface area contributed by atoms with E-state index in [1.807, 2.05) is 30.3 Å². The Bertz CT molecular complexity index is 617. The van der Waals surface area contributed by atoms with Crippen molar-refractivity contribution in [3.8, 4) is 5.75 Å². The van der Waals surface area contributed by atoms with Gasteiger partial charge in [-0.3, -0.25) is 4.79 Å². The number of carbonyl (C=O) groups is 1. The van der Waals surface area contributed by atoms with Gasteiger partial charge in [-0.15, -0.1) is 0 Å². The highest BCUT2D eigenvalue weighted by atomic mass is 19.1. The number of likely N-dealkylation sites (N-methyl/N-ethyl adjacent to an activating group) is 1. The van der Waals surface area contributed by atoms with E-state index in [4.69, 9.17) is 10.5 Å². The summed E-state index contributed by atoms with van der Waals surface area (Å²) in [6.45, 7) is 0.784. The van der Waals surface area contributed by atoms with Crippen LogP contribution in [0.4, 0.5) is 4.39 Å².